The van der Waals surface area contributed by atoms with Crippen molar-refractivity contribution in [3.63, 3.8) is 0 Å². The third-order valence-electron chi connectivity index (χ3n) is 7.70. The minimum absolute atomic E-state index is 0.0623. The number of rotatable bonds is 14. The predicted octanol–water partition coefficient (Wildman–Crippen LogP) is 7.16. The average molecular weight is 557 g/mol. The van der Waals surface area contributed by atoms with Crippen LogP contribution in [0.3, 0.4) is 0 Å². The summed E-state index contributed by atoms with van der Waals surface area (Å²) in [6, 6.07) is 2.11. The number of unbranched alkanes of at least 4 members (excludes halogenated alkanes) is 9. The predicted molar refractivity (Wildman–Crippen MR) is 164 cm³/mol. The third-order valence-corrected chi connectivity index (χ3v) is 9.08. The molecule has 0 spiro atoms. The van der Waals surface area contributed by atoms with E-state index < -0.39 is 0 Å². The topological polar surface area (TPSA) is 69.3 Å². The van der Waals surface area contributed by atoms with Gasteiger partial charge in [0.1, 0.15) is 21.8 Å². The second-order valence-corrected chi connectivity index (χ2v) is 12.1. The van der Waals surface area contributed by atoms with Gasteiger partial charge in [-0.1, -0.05) is 88.7 Å². The van der Waals surface area contributed by atoms with Gasteiger partial charge in [-0.15, -0.1) is 0 Å². The Morgan fingerprint density at radius 2 is 1.55 bits per heavy atom. The normalized spacial score (nSPS) is 17.1. The summed E-state index contributed by atoms with van der Waals surface area (Å²) in [5, 5.41) is 9.77. The monoisotopic (exact) mass is 556 g/mol. The minimum Gasteiger partial charge on any atom is -0.357 e. The number of hydrogen-bond acceptors (Lipinski definition) is 6. The van der Waals surface area contributed by atoms with Crippen LogP contribution in [0.2, 0.25) is 0 Å². The second-order valence-electron chi connectivity index (χ2n) is 10.5. The van der Waals surface area contributed by atoms with Crippen molar-refractivity contribution in [1.29, 1.82) is 5.26 Å². The van der Waals surface area contributed by atoms with Gasteiger partial charge in [-0.2, -0.15) is 5.26 Å². The molecular formula is C30H44N4O2S2. The van der Waals surface area contributed by atoms with Gasteiger partial charge < -0.3 is 4.90 Å². The molecule has 0 saturated carbocycles. The molecule has 0 bridgehead atoms. The molecule has 1 aromatic heterocycles. The van der Waals surface area contributed by atoms with E-state index in [-0.39, 0.29) is 17.0 Å². The lowest BCUT2D eigenvalue weighted by atomic mass is 10.0. The Kier molecular flexibility index (Phi) is 12.4. The largest absolute Gasteiger partial charge is 0.357 e. The zero-order chi connectivity index (χ0) is 27.5. The molecular weight excluding hydrogens is 512 g/mol. The lowest BCUT2D eigenvalue weighted by Gasteiger charge is -2.33. The maximum Gasteiger partial charge on any atom is 0.270 e. The first kappa shape index (κ1) is 30.4. The first-order valence-electron chi connectivity index (χ1n) is 14.6. The number of hydrogen-bond donors (Lipinski definition) is 0. The SMILES string of the molecule is CCCCCCCCCCCCN1C(=O)/C(=C/c2c(C)c(C#N)c(=O)n(CC)c2N2CCCCC2)SC1=S. The molecule has 3 heterocycles. The summed E-state index contributed by atoms with van der Waals surface area (Å²) >= 11 is 6.93. The van der Waals surface area contributed by atoms with Crippen molar-refractivity contribution < 1.29 is 4.79 Å². The second kappa shape index (κ2) is 15.5. The summed E-state index contributed by atoms with van der Waals surface area (Å²) in [6.45, 7) is 8.86. The molecule has 8 heteroatoms. The van der Waals surface area contributed by atoms with Crippen LogP contribution < -0.4 is 10.5 Å². The van der Waals surface area contributed by atoms with Gasteiger partial charge in [0.25, 0.3) is 11.5 Å². The van der Waals surface area contributed by atoms with Gasteiger partial charge in [0.15, 0.2) is 0 Å². The van der Waals surface area contributed by atoms with E-state index in [1.165, 1.54) is 69.5 Å². The molecule has 0 aliphatic carbocycles. The lowest BCUT2D eigenvalue weighted by molar-refractivity contribution is -0.122. The highest BCUT2D eigenvalue weighted by molar-refractivity contribution is 8.26. The summed E-state index contributed by atoms with van der Waals surface area (Å²) in [4.78, 5) is 31.1. The third kappa shape index (κ3) is 7.51. The molecule has 0 radical (unpaired) electrons. The minimum atomic E-state index is -0.251. The van der Waals surface area contributed by atoms with E-state index in [2.05, 4.69) is 17.9 Å². The molecule has 38 heavy (non-hydrogen) atoms. The average Bonchev–Trinajstić information content (AvgIpc) is 3.19. The molecule has 3 rings (SSSR count). The highest BCUT2D eigenvalue weighted by Crippen LogP contribution is 2.36. The van der Waals surface area contributed by atoms with E-state index in [4.69, 9.17) is 12.2 Å². The van der Waals surface area contributed by atoms with Gasteiger partial charge in [0.2, 0.25) is 0 Å². The molecule has 0 N–H and O–H groups in total. The fraction of sp³-hybridized carbons (Fsp3) is 0.667. The van der Waals surface area contributed by atoms with Crippen molar-refractivity contribution >= 4 is 46.1 Å². The number of thioether (sulfide) groups is 1. The van der Waals surface area contributed by atoms with Crippen LogP contribution in [-0.2, 0) is 11.3 Å². The Labute approximate surface area is 238 Å². The molecule has 2 aliphatic heterocycles. The van der Waals surface area contributed by atoms with E-state index in [1.807, 2.05) is 19.9 Å². The summed E-state index contributed by atoms with van der Waals surface area (Å²) < 4.78 is 2.30. The van der Waals surface area contributed by atoms with Gasteiger partial charge in [0, 0.05) is 31.7 Å². The fourth-order valence-electron chi connectivity index (χ4n) is 5.47. The van der Waals surface area contributed by atoms with Crippen molar-refractivity contribution in [2.24, 2.45) is 0 Å². The van der Waals surface area contributed by atoms with Crippen molar-refractivity contribution in [3.8, 4) is 6.07 Å². The number of anilines is 1. The Morgan fingerprint density at radius 1 is 0.947 bits per heavy atom. The summed E-state index contributed by atoms with van der Waals surface area (Å²) in [5.74, 6) is 0.765. The molecule has 2 aliphatic rings. The lowest BCUT2D eigenvalue weighted by Crippen LogP contribution is -2.37. The van der Waals surface area contributed by atoms with Crippen LogP contribution in [-0.4, -0.2) is 39.3 Å². The first-order chi connectivity index (χ1) is 18.4. The number of pyridine rings is 1. The van der Waals surface area contributed by atoms with Gasteiger partial charge in [0.05, 0.1) is 4.91 Å². The van der Waals surface area contributed by atoms with Crippen LogP contribution in [0, 0.1) is 18.3 Å². The number of aromatic nitrogens is 1. The van der Waals surface area contributed by atoms with E-state index >= 15 is 0 Å². The fourth-order valence-corrected chi connectivity index (χ4v) is 6.76. The molecule has 0 unspecified atom stereocenters. The van der Waals surface area contributed by atoms with Crippen molar-refractivity contribution in [1.82, 2.24) is 9.47 Å². The number of carbonyl (C=O) groups excluding carboxylic acids is 1. The van der Waals surface area contributed by atoms with Crippen LogP contribution in [0.4, 0.5) is 5.82 Å². The highest BCUT2D eigenvalue weighted by Gasteiger charge is 2.33. The van der Waals surface area contributed by atoms with Gasteiger partial charge >= 0.3 is 0 Å². The van der Waals surface area contributed by atoms with E-state index in [9.17, 15) is 14.9 Å². The molecule has 6 nitrogen and oxygen atoms in total. The Hall–Kier alpha value is -2.11. The van der Waals surface area contributed by atoms with Crippen molar-refractivity contribution in [2.45, 2.75) is 111 Å². The van der Waals surface area contributed by atoms with Crippen LogP contribution in [0.5, 0.6) is 0 Å². The summed E-state index contributed by atoms with van der Waals surface area (Å²) in [5.41, 5.74) is 1.34. The van der Waals surface area contributed by atoms with Crippen molar-refractivity contribution in [3.05, 3.63) is 31.9 Å². The van der Waals surface area contributed by atoms with Crippen LogP contribution in [0.25, 0.3) is 6.08 Å². The first-order valence-corrected chi connectivity index (χ1v) is 15.8. The summed E-state index contributed by atoms with van der Waals surface area (Å²) in [7, 11) is 0. The summed E-state index contributed by atoms with van der Waals surface area (Å²) in [6.07, 6.45) is 17.7. The van der Waals surface area contributed by atoms with Crippen LogP contribution in [0.1, 0.15) is 114 Å². The smallest absolute Gasteiger partial charge is 0.270 e. The van der Waals surface area contributed by atoms with Crippen LogP contribution in [0.15, 0.2) is 9.70 Å². The molecule has 2 fully saturated rings. The Morgan fingerprint density at radius 3 is 2.13 bits per heavy atom. The zero-order valence-electron chi connectivity index (χ0n) is 23.5. The molecule has 208 valence electrons. The number of thiocarbonyl (C=S) groups is 1. The maximum atomic E-state index is 13.4. The quantitative estimate of drug-likeness (QED) is 0.138. The molecule has 0 atom stereocenters. The number of amides is 1. The van der Waals surface area contributed by atoms with Crippen molar-refractivity contribution in [2.75, 3.05) is 24.5 Å². The maximum absolute atomic E-state index is 13.4. The molecule has 2 saturated heterocycles. The molecule has 0 aromatic carbocycles. The molecule has 1 aromatic rings. The van der Waals surface area contributed by atoms with Gasteiger partial charge in [-0.25, -0.2) is 0 Å². The standard InChI is InChI=1S/C30H44N4O2S2/c1-4-6-7-8-9-10-11-12-13-17-20-34-29(36)26(38-30(34)37)21-24-23(3)25(22-31)28(35)33(5-2)27(24)32-18-15-14-16-19-32/h21H,4-20H2,1-3H3/b26-21-. The number of piperidine rings is 1. The van der Waals surface area contributed by atoms with Gasteiger partial charge in [-0.05, 0) is 51.2 Å². The van der Waals surface area contributed by atoms with Crippen LogP contribution >= 0.6 is 24.0 Å². The highest BCUT2D eigenvalue weighted by atomic mass is 32.2. The Bertz CT molecular complexity index is 1110. The number of nitrogens with zero attached hydrogens (tertiary/aromatic N) is 4. The van der Waals surface area contributed by atoms with E-state index in [1.54, 1.807) is 9.47 Å². The zero-order valence-corrected chi connectivity index (χ0v) is 25.2. The Balaban J connectivity index is 1.71. The molecule has 1 amide bonds. The van der Waals surface area contributed by atoms with E-state index in [0.717, 1.165) is 50.2 Å². The number of carbonyl (C=O) groups is 1. The van der Waals surface area contributed by atoms with Gasteiger partial charge in [-0.3, -0.25) is 19.1 Å². The number of nitriles is 1. The van der Waals surface area contributed by atoms with E-state index in [0.29, 0.717) is 27.9 Å².